The smallest absolute Gasteiger partial charge is 0.260 e. The Balaban J connectivity index is 1.84. The fraction of sp³-hybridized carbons (Fsp3) is 0.217. The van der Waals surface area contributed by atoms with Gasteiger partial charge in [0.05, 0.1) is 7.11 Å². The Morgan fingerprint density at radius 3 is 2.41 bits per heavy atom. The van der Waals surface area contributed by atoms with Crippen molar-refractivity contribution in [1.82, 2.24) is 4.90 Å². The van der Waals surface area contributed by atoms with Gasteiger partial charge in [0.25, 0.3) is 5.91 Å². The van der Waals surface area contributed by atoms with Crippen molar-refractivity contribution in [1.29, 1.82) is 0 Å². The first-order chi connectivity index (χ1) is 13.0. The van der Waals surface area contributed by atoms with Crippen LogP contribution < -0.4 is 4.74 Å². The molecular formula is C23H23NO3. The van der Waals surface area contributed by atoms with Crippen LogP contribution >= 0.6 is 0 Å². The molecule has 0 fully saturated rings. The molecule has 0 atom stereocenters. The number of hydrogen-bond acceptors (Lipinski definition) is 3. The van der Waals surface area contributed by atoms with E-state index in [2.05, 4.69) is 0 Å². The van der Waals surface area contributed by atoms with Gasteiger partial charge in [-0.25, -0.2) is 0 Å². The van der Waals surface area contributed by atoms with Gasteiger partial charge in [-0.2, -0.15) is 0 Å². The van der Waals surface area contributed by atoms with Crippen molar-refractivity contribution < 1.29 is 14.3 Å². The van der Waals surface area contributed by atoms with E-state index < -0.39 is 0 Å². The summed E-state index contributed by atoms with van der Waals surface area (Å²) < 4.78 is 5.33. The average molecular weight is 361 g/mol. The minimum Gasteiger partial charge on any atom is -0.497 e. The molecule has 0 saturated carbocycles. The maximum Gasteiger partial charge on any atom is 0.260 e. The number of carbonyl (C=O) groups is 2. The lowest BCUT2D eigenvalue weighted by atomic mass is 10.0. The number of benzene rings is 3. The number of amides is 2. The molecular weight excluding hydrogens is 338 g/mol. The standard InChI is InChI=1S/C23H23NO3/c1-16-7-9-20(10-8-16)23(26)24(17(2)25)14-13-19-6-4-5-18-11-12-21(27-3)15-22(18)19/h4-12,15H,13-14H2,1-3H3. The van der Waals surface area contributed by atoms with E-state index in [1.807, 2.05) is 55.5 Å². The number of carbonyl (C=O) groups excluding carboxylic acids is 2. The van der Waals surface area contributed by atoms with Crippen LogP contribution in [0.2, 0.25) is 0 Å². The van der Waals surface area contributed by atoms with Gasteiger partial charge in [-0.05, 0) is 53.9 Å². The van der Waals surface area contributed by atoms with Crippen LogP contribution in [0.5, 0.6) is 5.75 Å². The summed E-state index contributed by atoms with van der Waals surface area (Å²) in [4.78, 5) is 26.2. The van der Waals surface area contributed by atoms with E-state index in [9.17, 15) is 9.59 Å². The Morgan fingerprint density at radius 2 is 1.74 bits per heavy atom. The van der Waals surface area contributed by atoms with Crippen molar-refractivity contribution in [2.24, 2.45) is 0 Å². The lowest BCUT2D eigenvalue weighted by Gasteiger charge is -2.20. The molecule has 0 aliphatic heterocycles. The first-order valence-corrected chi connectivity index (χ1v) is 8.94. The molecule has 138 valence electrons. The van der Waals surface area contributed by atoms with Gasteiger partial charge in [-0.15, -0.1) is 0 Å². The van der Waals surface area contributed by atoms with Gasteiger partial charge in [0.1, 0.15) is 5.75 Å². The molecule has 0 bridgehead atoms. The van der Waals surface area contributed by atoms with Crippen LogP contribution in [0, 0.1) is 6.92 Å². The number of hydrogen-bond donors (Lipinski definition) is 0. The Hall–Kier alpha value is -3.14. The zero-order valence-electron chi connectivity index (χ0n) is 15.9. The Labute approximate surface area is 159 Å². The van der Waals surface area contributed by atoms with Gasteiger partial charge in [0.15, 0.2) is 0 Å². The number of ether oxygens (including phenoxy) is 1. The first kappa shape index (κ1) is 18.6. The van der Waals surface area contributed by atoms with Crippen molar-refractivity contribution in [3.8, 4) is 5.75 Å². The molecule has 0 radical (unpaired) electrons. The molecule has 0 aromatic heterocycles. The fourth-order valence-electron chi connectivity index (χ4n) is 3.15. The third-order valence-electron chi connectivity index (χ3n) is 4.71. The second-order valence-electron chi connectivity index (χ2n) is 6.60. The molecule has 4 nitrogen and oxygen atoms in total. The summed E-state index contributed by atoms with van der Waals surface area (Å²) in [5, 5.41) is 2.18. The third kappa shape index (κ3) is 4.17. The van der Waals surface area contributed by atoms with E-state index in [4.69, 9.17) is 4.74 Å². The van der Waals surface area contributed by atoms with Crippen LogP contribution in [-0.4, -0.2) is 30.4 Å². The molecule has 0 spiro atoms. The molecule has 3 aromatic carbocycles. The maximum atomic E-state index is 12.8. The summed E-state index contributed by atoms with van der Waals surface area (Å²) >= 11 is 0. The van der Waals surface area contributed by atoms with E-state index in [0.717, 1.165) is 27.6 Å². The third-order valence-corrected chi connectivity index (χ3v) is 4.71. The lowest BCUT2D eigenvalue weighted by Crippen LogP contribution is -2.36. The van der Waals surface area contributed by atoms with Crippen LogP contribution in [0.25, 0.3) is 10.8 Å². The van der Waals surface area contributed by atoms with Crippen molar-refractivity contribution in [3.63, 3.8) is 0 Å². The SMILES string of the molecule is COc1ccc2cccc(CCN(C(C)=O)C(=O)c3ccc(C)cc3)c2c1. The van der Waals surface area contributed by atoms with Crippen LogP contribution in [0.1, 0.15) is 28.4 Å². The van der Waals surface area contributed by atoms with Gasteiger partial charge in [0.2, 0.25) is 5.91 Å². The van der Waals surface area contributed by atoms with Crippen molar-refractivity contribution in [3.05, 3.63) is 77.4 Å². The molecule has 27 heavy (non-hydrogen) atoms. The van der Waals surface area contributed by atoms with Gasteiger partial charge in [-0.1, -0.05) is 42.0 Å². The highest BCUT2D eigenvalue weighted by Gasteiger charge is 2.19. The monoisotopic (exact) mass is 361 g/mol. The number of methoxy groups -OCH3 is 1. The molecule has 3 rings (SSSR count). The number of nitrogens with zero attached hydrogens (tertiary/aromatic N) is 1. The topological polar surface area (TPSA) is 46.6 Å². The summed E-state index contributed by atoms with van der Waals surface area (Å²) in [6, 6.07) is 19.3. The second kappa shape index (κ2) is 8.04. The van der Waals surface area contributed by atoms with E-state index in [-0.39, 0.29) is 11.8 Å². The number of rotatable bonds is 5. The van der Waals surface area contributed by atoms with E-state index >= 15 is 0 Å². The van der Waals surface area contributed by atoms with Crippen LogP contribution in [0.15, 0.2) is 60.7 Å². The Morgan fingerprint density at radius 1 is 1.00 bits per heavy atom. The zero-order chi connectivity index (χ0) is 19.4. The molecule has 0 N–H and O–H groups in total. The van der Waals surface area contributed by atoms with Gasteiger partial charge in [-0.3, -0.25) is 14.5 Å². The molecule has 0 saturated heterocycles. The number of aryl methyl sites for hydroxylation is 1. The van der Waals surface area contributed by atoms with Crippen molar-refractivity contribution in [2.45, 2.75) is 20.3 Å². The largest absolute Gasteiger partial charge is 0.497 e. The first-order valence-electron chi connectivity index (χ1n) is 8.94. The predicted molar refractivity (Wildman–Crippen MR) is 107 cm³/mol. The molecule has 4 heteroatoms. The molecule has 3 aromatic rings. The molecule has 0 aliphatic rings. The van der Waals surface area contributed by atoms with Crippen LogP contribution in [0.4, 0.5) is 0 Å². The van der Waals surface area contributed by atoms with Crippen LogP contribution in [0.3, 0.4) is 0 Å². The Kier molecular flexibility index (Phi) is 5.55. The normalized spacial score (nSPS) is 10.6. The average Bonchev–Trinajstić information content (AvgIpc) is 2.68. The highest BCUT2D eigenvalue weighted by molar-refractivity contribution is 6.04. The highest BCUT2D eigenvalue weighted by Crippen LogP contribution is 2.24. The zero-order valence-corrected chi connectivity index (χ0v) is 15.9. The van der Waals surface area contributed by atoms with Gasteiger partial charge >= 0.3 is 0 Å². The Bertz CT molecular complexity index is 977. The molecule has 0 unspecified atom stereocenters. The quantitative estimate of drug-likeness (QED) is 0.677. The summed E-state index contributed by atoms with van der Waals surface area (Å²) in [6.45, 7) is 3.72. The minimum absolute atomic E-state index is 0.251. The molecule has 0 aliphatic carbocycles. The van der Waals surface area contributed by atoms with Gasteiger partial charge in [0, 0.05) is 19.0 Å². The highest BCUT2D eigenvalue weighted by atomic mass is 16.5. The number of imide groups is 1. The maximum absolute atomic E-state index is 12.8. The van der Waals surface area contributed by atoms with E-state index in [1.165, 1.54) is 11.8 Å². The summed E-state index contributed by atoms with van der Waals surface area (Å²) in [7, 11) is 1.64. The fourth-order valence-corrected chi connectivity index (χ4v) is 3.15. The summed E-state index contributed by atoms with van der Waals surface area (Å²) in [6.07, 6.45) is 0.585. The molecule has 2 amide bonds. The van der Waals surface area contributed by atoms with Crippen molar-refractivity contribution in [2.75, 3.05) is 13.7 Å². The van der Waals surface area contributed by atoms with E-state index in [0.29, 0.717) is 18.5 Å². The lowest BCUT2D eigenvalue weighted by molar-refractivity contribution is -0.126. The minimum atomic E-state index is -0.264. The molecule has 0 heterocycles. The van der Waals surface area contributed by atoms with Gasteiger partial charge < -0.3 is 4.74 Å². The van der Waals surface area contributed by atoms with Crippen molar-refractivity contribution >= 4 is 22.6 Å². The number of fused-ring (bicyclic) bond motifs is 1. The summed E-state index contributed by atoms with van der Waals surface area (Å²) in [5.74, 6) is 0.271. The summed E-state index contributed by atoms with van der Waals surface area (Å²) in [5.41, 5.74) is 2.68. The predicted octanol–water partition coefficient (Wildman–Crippen LogP) is 4.39. The second-order valence-corrected chi connectivity index (χ2v) is 6.60. The van der Waals surface area contributed by atoms with Crippen LogP contribution in [-0.2, 0) is 11.2 Å². The van der Waals surface area contributed by atoms with E-state index in [1.54, 1.807) is 19.2 Å².